The summed E-state index contributed by atoms with van der Waals surface area (Å²) in [6.45, 7) is 0.366. The molecule has 0 radical (unpaired) electrons. The van der Waals surface area contributed by atoms with E-state index >= 15 is 0 Å². The Balaban J connectivity index is 1.88. The number of nitrogens with one attached hydrogen (secondary N) is 1. The van der Waals surface area contributed by atoms with Gasteiger partial charge in [-0.15, -0.1) is 5.10 Å². The molecule has 1 aliphatic rings. The molecule has 1 aliphatic heterocycles. The maximum Gasteiger partial charge on any atom is 0.422 e. The van der Waals surface area contributed by atoms with Crippen molar-refractivity contribution in [2.45, 2.75) is 24.9 Å². The Kier molecular flexibility index (Phi) is 5.54. The average Bonchev–Trinajstić information content (AvgIpc) is 2.68. The summed E-state index contributed by atoms with van der Waals surface area (Å²) in [5.74, 6) is 2.72. The second-order valence-electron chi connectivity index (χ2n) is 6.33. The van der Waals surface area contributed by atoms with Crippen LogP contribution in [0.5, 0.6) is 5.75 Å². The number of aromatic nitrogens is 2. The van der Waals surface area contributed by atoms with Gasteiger partial charge >= 0.3 is 6.18 Å². The largest absolute Gasteiger partial charge is 0.493 e. The molecule has 0 amide bonds. The number of hydrazine groups is 1. The topological polar surface area (TPSA) is 76.3 Å². The number of piperidine rings is 1. The Bertz CT molecular complexity index is 853. The molecule has 0 spiro atoms. The summed E-state index contributed by atoms with van der Waals surface area (Å²) in [5.41, 5.74) is 0.842. The number of nitrogens with zero attached hydrogens (tertiary/aromatic N) is 3. The molecule has 152 valence electrons. The molecule has 11 heteroatoms. The van der Waals surface area contributed by atoms with Crippen molar-refractivity contribution in [1.29, 1.82) is 0 Å². The van der Waals surface area contributed by atoms with Crippen molar-refractivity contribution in [2.24, 2.45) is 5.84 Å². The highest BCUT2D eigenvalue weighted by molar-refractivity contribution is 5.63. The fourth-order valence-corrected chi connectivity index (χ4v) is 3.54. The lowest BCUT2D eigenvalue weighted by molar-refractivity contribution is -0.136. The van der Waals surface area contributed by atoms with Gasteiger partial charge in [-0.05, 0) is 30.9 Å². The number of ether oxygens (including phenoxy) is 1. The van der Waals surface area contributed by atoms with Crippen LogP contribution < -0.4 is 20.9 Å². The molecule has 6 nitrogen and oxygen atoms in total. The van der Waals surface area contributed by atoms with Crippen LogP contribution >= 0.6 is 0 Å². The van der Waals surface area contributed by atoms with Gasteiger partial charge in [-0.25, -0.2) is 14.6 Å². The molecular formula is C17H18F5N5O. The predicted octanol–water partition coefficient (Wildman–Crippen LogP) is 3.45. The molecule has 1 saturated heterocycles. The third-order valence-electron chi connectivity index (χ3n) is 4.79. The zero-order valence-electron chi connectivity index (χ0n) is 14.9. The van der Waals surface area contributed by atoms with E-state index in [0.29, 0.717) is 12.8 Å². The quantitative estimate of drug-likeness (QED) is 0.463. The standard InChI is InChI=1S/C17H18F5N5O/c1-28-15-11(19)3-2-10(18)13(15)9-4-6-27(7-5-9)12-8-24-26-16(25-23)14(12)17(20,21)22/h2-3,8-9H,4-7,23H2,1H3,(H,25,26). The van der Waals surface area contributed by atoms with E-state index < -0.39 is 35.1 Å². The van der Waals surface area contributed by atoms with Crippen molar-refractivity contribution >= 4 is 11.5 Å². The lowest BCUT2D eigenvalue weighted by atomic mass is 9.88. The highest BCUT2D eigenvalue weighted by atomic mass is 19.4. The molecular weight excluding hydrogens is 385 g/mol. The summed E-state index contributed by atoms with van der Waals surface area (Å²) in [5, 5.41) is 6.96. The van der Waals surface area contributed by atoms with Gasteiger partial charge < -0.3 is 15.1 Å². The summed E-state index contributed by atoms with van der Waals surface area (Å²) >= 11 is 0. The Morgan fingerprint density at radius 2 is 1.82 bits per heavy atom. The van der Waals surface area contributed by atoms with E-state index in [1.165, 1.54) is 12.0 Å². The highest BCUT2D eigenvalue weighted by Gasteiger charge is 2.40. The molecule has 0 unspecified atom stereocenters. The molecule has 1 aromatic heterocycles. The van der Waals surface area contributed by atoms with Gasteiger partial charge in [0.2, 0.25) is 0 Å². The van der Waals surface area contributed by atoms with Gasteiger partial charge in [-0.1, -0.05) is 0 Å². The van der Waals surface area contributed by atoms with Crippen LogP contribution in [0, 0.1) is 11.6 Å². The van der Waals surface area contributed by atoms with Crippen LogP contribution in [-0.2, 0) is 6.18 Å². The number of anilines is 2. The summed E-state index contributed by atoms with van der Waals surface area (Å²) in [4.78, 5) is 1.48. The Morgan fingerprint density at radius 1 is 1.18 bits per heavy atom. The molecule has 28 heavy (non-hydrogen) atoms. The molecule has 0 atom stereocenters. The first kappa shape index (κ1) is 20.1. The lowest BCUT2D eigenvalue weighted by Gasteiger charge is -2.35. The van der Waals surface area contributed by atoms with Crippen molar-refractivity contribution < 1.29 is 26.7 Å². The smallest absolute Gasteiger partial charge is 0.422 e. The number of hydrogen-bond donors (Lipinski definition) is 2. The SMILES string of the molecule is COc1c(F)ccc(F)c1C1CCN(c2cnnc(NN)c2C(F)(F)F)CC1. The second-order valence-corrected chi connectivity index (χ2v) is 6.33. The number of rotatable bonds is 4. The fraction of sp³-hybridized carbons (Fsp3) is 0.412. The van der Waals surface area contributed by atoms with E-state index in [0.717, 1.165) is 18.3 Å². The highest BCUT2D eigenvalue weighted by Crippen LogP contribution is 2.43. The Morgan fingerprint density at radius 3 is 2.39 bits per heavy atom. The minimum atomic E-state index is -4.69. The lowest BCUT2D eigenvalue weighted by Crippen LogP contribution is -2.35. The molecule has 2 heterocycles. The number of methoxy groups -OCH3 is 1. The maximum absolute atomic E-state index is 14.3. The van der Waals surface area contributed by atoms with Crippen LogP contribution in [-0.4, -0.2) is 30.4 Å². The maximum atomic E-state index is 14.3. The van der Waals surface area contributed by atoms with E-state index in [9.17, 15) is 22.0 Å². The number of nitrogens with two attached hydrogens (primary N) is 1. The number of hydrogen-bond acceptors (Lipinski definition) is 6. The van der Waals surface area contributed by atoms with E-state index in [4.69, 9.17) is 10.6 Å². The Labute approximate surface area is 157 Å². The number of halogens is 5. The molecule has 2 aromatic rings. The van der Waals surface area contributed by atoms with Gasteiger partial charge in [0.15, 0.2) is 17.4 Å². The van der Waals surface area contributed by atoms with Crippen LogP contribution in [0.25, 0.3) is 0 Å². The average molecular weight is 403 g/mol. The zero-order chi connectivity index (χ0) is 20.5. The molecule has 3 N–H and O–H groups in total. The normalized spacial score (nSPS) is 15.6. The van der Waals surface area contributed by atoms with Gasteiger partial charge in [-0.3, -0.25) is 0 Å². The van der Waals surface area contributed by atoms with Gasteiger partial charge in [0, 0.05) is 18.7 Å². The molecule has 0 saturated carbocycles. The molecule has 1 aromatic carbocycles. The Hall–Kier alpha value is -2.69. The second kappa shape index (κ2) is 7.74. The first-order valence-electron chi connectivity index (χ1n) is 8.44. The minimum Gasteiger partial charge on any atom is -0.493 e. The fourth-order valence-electron chi connectivity index (χ4n) is 3.54. The van der Waals surface area contributed by atoms with Crippen molar-refractivity contribution in [1.82, 2.24) is 10.2 Å². The van der Waals surface area contributed by atoms with Gasteiger partial charge in [-0.2, -0.15) is 18.3 Å². The number of alkyl halides is 3. The van der Waals surface area contributed by atoms with Gasteiger partial charge in [0.05, 0.1) is 19.0 Å². The van der Waals surface area contributed by atoms with Crippen molar-refractivity contribution in [3.05, 3.63) is 41.1 Å². The minimum absolute atomic E-state index is 0.107. The van der Waals surface area contributed by atoms with E-state index in [2.05, 4.69) is 10.2 Å². The van der Waals surface area contributed by atoms with Crippen molar-refractivity contribution in [3.63, 3.8) is 0 Å². The number of nitrogen functional groups attached to an aromatic ring is 1. The zero-order valence-corrected chi connectivity index (χ0v) is 14.9. The van der Waals surface area contributed by atoms with Crippen LogP contribution in [0.4, 0.5) is 33.5 Å². The molecule has 0 bridgehead atoms. The van der Waals surface area contributed by atoms with Gasteiger partial charge in [0.25, 0.3) is 0 Å². The summed E-state index contributed by atoms with van der Waals surface area (Å²) in [6.07, 6.45) is -3.06. The predicted molar refractivity (Wildman–Crippen MR) is 91.9 cm³/mol. The van der Waals surface area contributed by atoms with Crippen LogP contribution in [0.1, 0.15) is 29.9 Å². The van der Waals surface area contributed by atoms with E-state index in [1.807, 2.05) is 5.43 Å². The van der Waals surface area contributed by atoms with Crippen LogP contribution in [0.2, 0.25) is 0 Å². The monoisotopic (exact) mass is 403 g/mol. The number of benzene rings is 1. The summed E-state index contributed by atoms with van der Waals surface area (Å²) < 4.78 is 73.7. The van der Waals surface area contributed by atoms with Crippen molar-refractivity contribution in [3.8, 4) is 5.75 Å². The van der Waals surface area contributed by atoms with Crippen molar-refractivity contribution in [2.75, 3.05) is 30.5 Å². The van der Waals surface area contributed by atoms with Crippen LogP contribution in [0.3, 0.4) is 0 Å². The molecule has 3 rings (SSSR count). The third kappa shape index (κ3) is 3.66. The van der Waals surface area contributed by atoms with Crippen LogP contribution in [0.15, 0.2) is 18.3 Å². The molecule has 1 fully saturated rings. The first-order valence-corrected chi connectivity index (χ1v) is 8.44. The first-order chi connectivity index (χ1) is 13.3. The molecule has 0 aliphatic carbocycles. The van der Waals surface area contributed by atoms with E-state index in [-0.39, 0.29) is 30.1 Å². The summed E-state index contributed by atoms with van der Waals surface area (Å²) in [6, 6.07) is 2.00. The third-order valence-corrected chi connectivity index (χ3v) is 4.79. The van der Waals surface area contributed by atoms with E-state index in [1.54, 1.807) is 0 Å². The summed E-state index contributed by atoms with van der Waals surface area (Å²) in [7, 11) is 1.25. The van der Waals surface area contributed by atoms with Gasteiger partial charge in [0.1, 0.15) is 11.4 Å².